The zero-order valence-corrected chi connectivity index (χ0v) is 13.9. The Morgan fingerprint density at radius 2 is 1.83 bits per heavy atom. The number of halogens is 1. The maximum atomic E-state index is 12.9. The second-order valence-corrected chi connectivity index (χ2v) is 6.27. The van der Waals surface area contributed by atoms with Crippen LogP contribution in [0.4, 0.5) is 4.39 Å². The summed E-state index contributed by atoms with van der Waals surface area (Å²) >= 11 is 1.52. The van der Waals surface area contributed by atoms with Crippen LogP contribution in [0.1, 0.15) is 11.3 Å². The lowest BCUT2D eigenvalue weighted by Crippen LogP contribution is -2.27. The van der Waals surface area contributed by atoms with Crippen molar-refractivity contribution in [3.8, 4) is 10.6 Å². The van der Waals surface area contributed by atoms with Crippen LogP contribution < -0.4 is 5.32 Å². The van der Waals surface area contributed by atoms with E-state index in [1.165, 1.54) is 23.5 Å². The molecule has 0 radical (unpaired) electrons. The van der Waals surface area contributed by atoms with E-state index in [-0.39, 0.29) is 11.7 Å². The average Bonchev–Trinajstić information content (AvgIpc) is 3.05. The van der Waals surface area contributed by atoms with E-state index in [2.05, 4.69) is 10.3 Å². The number of hydrogen-bond acceptors (Lipinski definition) is 3. The molecule has 0 aliphatic carbocycles. The molecule has 5 heteroatoms. The molecular weight excluding hydrogens is 323 g/mol. The quantitative estimate of drug-likeness (QED) is 0.740. The molecule has 3 rings (SSSR count). The minimum Gasteiger partial charge on any atom is -0.355 e. The normalized spacial score (nSPS) is 10.5. The number of nitrogens with zero attached hydrogens (tertiary/aromatic N) is 1. The first-order chi connectivity index (χ1) is 11.7. The molecule has 0 atom stereocenters. The second kappa shape index (κ2) is 7.84. The van der Waals surface area contributed by atoms with Crippen molar-refractivity contribution in [1.29, 1.82) is 0 Å². The third-order valence-electron chi connectivity index (χ3n) is 3.55. The topological polar surface area (TPSA) is 42.0 Å². The van der Waals surface area contributed by atoms with Gasteiger partial charge in [-0.2, -0.15) is 0 Å². The fraction of sp³-hybridized carbons (Fsp3) is 0.158. The minimum absolute atomic E-state index is 0.00943. The summed E-state index contributed by atoms with van der Waals surface area (Å²) in [6.45, 7) is 0.554. The van der Waals surface area contributed by atoms with Crippen molar-refractivity contribution in [3.63, 3.8) is 0 Å². The molecule has 24 heavy (non-hydrogen) atoms. The summed E-state index contributed by atoms with van der Waals surface area (Å²) in [7, 11) is 0. The number of benzene rings is 2. The zero-order chi connectivity index (χ0) is 16.8. The van der Waals surface area contributed by atoms with Crippen LogP contribution in [0.5, 0.6) is 0 Å². The standard InChI is InChI=1S/C19H17FN2OS/c20-16-8-6-15(7-9-16)19-22-17(13-24-19)10-11-21-18(23)12-14-4-2-1-3-5-14/h1-9,13H,10-12H2,(H,21,23). The Bertz CT molecular complexity index is 800. The van der Waals surface area contributed by atoms with E-state index in [9.17, 15) is 9.18 Å². The number of nitrogens with one attached hydrogen (secondary N) is 1. The van der Waals surface area contributed by atoms with Crippen LogP contribution in [0, 0.1) is 5.82 Å². The number of rotatable bonds is 6. The highest BCUT2D eigenvalue weighted by Crippen LogP contribution is 2.23. The largest absolute Gasteiger partial charge is 0.355 e. The van der Waals surface area contributed by atoms with Crippen LogP contribution in [-0.2, 0) is 17.6 Å². The third-order valence-corrected chi connectivity index (χ3v) is 4.49. The number of carbonyl (C=O) groups excluding carboxylic acids is 1. The monoisotopic (exact) mass is 340 g/mol. The van der Waals surface area contributed by atoms with E-state index >= 15 is 0 Å². The molecule has 0 aliphatic rings. The Labute approximate surface area is 144 Å². The predicted molar refractivity (Wildman–Crippen MR) is 94.4 cm³/mol. The van der Waals surface area contributed by atoms with Gasteiger partial charge in [-0.05, 0) is 29.8 Å². The summed E-state index contributed by atoms with van der Waals surface area (Å²) in [6, 6.07) is 16.0. The highest BCUT2D eigenvalue weighted by Gasteiger charge is 2.06. The zero-order valence-electron chi connectivity index (χ0n) is 13.0. The summed E-state index contributed by atoms with van der Waals surface area (Å²) in [5.74, 6) is -0.244. The van der Waals surface area contributed by atoms with E-state index < -0.39 is 0 Å². The first kappa shape index (κ1) is 16.3. The van der Waals surface area contributed by atoms with Gasteiger partial charge in [0.15, 0.2) is 0 Å². The molecule has 3 nitrogen and oxygen atoms in total. The van der Waals surface area contributed by atoms with Gasteiger partial charge in [0, 0.05) is 23.9 Å². The molecule has 0 saturated carbocycles. The van der Waals surface area contributed by atoms with Crippen molar-refractivity contribution in [2.45, 2.75) is 12.8 Å². The fourth-order valence-corrected chi connectivity index (χ4v) is 3.18. The number of thiazole rings is 1. The van der Waals surface area contributed by atoms with E-state index in [1.807, 2.05) is 35.7 Å². The molecule has 122 valence electrons. The van der Waals surface area contributed by atoms with Crippen molar-refractivity contribution >= 4 is 17.2 Å². The van der Waals surface area contributed by atoms with Gasteiger partial charge in [0.25, 0.3) is 0 Å². The van der Waals surface area contributed by atoms with Crippen LogP contribution in [-0.4, -0.2) is 17.4 Å². The van der Waals surface area contributed by atoms with E-state index in [0.717, 1.165) is 21.8 Å². The molecule has 1 amide bonds. The Morgan fingerprint density at radius 3 is 2.58 bits per heavy atom. The minimum atomic E-state index is -0.253. The van der Waals surface area contributed by atoms with Crippen LogP contribution in [0.3, 0.4) is 0 Å². The van der Waals surface area contributed by atoms with E-state index in [0.29, 0.717) is 19.4 Å². The van der Waals surface area contributed by atoms with Gasteiger partial charge < -0.3 is 5.32 Å². The van der Waals surface area contributed by atoms with Crippen LogP contribution in [0.15, 0.2) is 60.0 Å². The van der Waals surface area contributed by atoms with Crippen LogP contribution >= 0.6 is 11.3 Å². The summed E-state index contributed by atoms with van der Waals surface area (Å²) in [4.78, 5) is 16.4. The van der Waals surface area contributed by atoms with Gasteiger partial charge >= 0.3 is 0 Å². The highest BCUT2D eigenvalue weighted by atomic mass is 32.1. The Balaban J connectivity index is 1.49. The lowest BCUT2D eigenvalue weighted by molar-refractivity contribution is -0.120. The van der Waals surface area contributed by atoms with Gasteiger partial charge in [0.2, 0.25) is 5.91 Å². The molecule has 1 aromatic heterocycles. The third kappa shape index (κ3) is 4.49. The molecule has 0 aliphatic heterocycles. The molecular formula is C19H17FN2OS. The molecule has 3 aromatic rings. The predicted octanol–water partition coefficient (Wildman–Crippen LogP) is 3.85. The highest BCUT2D eigenvalue weighted by molar-refractivity contribution is 7.13. The van der Waals surface area contributed by atoms with Gasteiger partial charge in [-0.1, -0.05) is 30.3 Å². The molecule has 0 unspecified atom stereocenters. The average molecular weight is 340 g/mol. The van der Waals surface area contributed by atoms with Gasteiger partial charge in [-0.25, -0.2) is 9.37 Å². The van der Waals surface area contributed by atoms with E-state index in [4.69, 9.17) is 0 Å². The Kier molecular flexibility index (Phi) is 5.33. The van der Waals surface area contributed by atoms with Crippen molar-refractivity contribution in [2.24, 2.45) is 0 Å². The van der Waals surface area contributed by atoms with Gasteiger partial charge in [0.05, 0.1) is 12.1 Å². The van der Waals surface area contributed by atoms with Gasteiger partial charge in [0.1, 0.15) is 10.8 Å². The molecule has 1 N–H and O–H groups in total. The van der Waals surface area contributed by atoms with Gasteiger partial charge in [-0.3, -0.25) is 4.79 Å². The van der Waals surface area contributed by atoms with Crippen molar-refractivity contribution in [1.82, 2.24) is 10.3 Å². The number of hydrogen-bond donors (Lipinski definition) is 1. The molecule has 1 heterocycles. The first-order valence-corrected chi connectivity index (χ1v) is 8.59. The summed E-state index contributed by atoms with van der Waals surface area (Å²) in [5.41, 5.74) is 2.84. The Morgan fingerprint density at radius 1 is 1.08 bits per heavy atom. The van der Waals surface area contributed by atoms with Gasteiger partial charge in [-0.15, -0.1) is 11.3 Å². The van der Waals surface area contributed by atoms with Crippen molar-refractivity contribution in [3.05, 3.63) is 77.1 Å². The van der Waals surface area contributed by atoms with E-state index in [1.54, 1.807) is 12.1 Å². The molecule has 2 aromatic carbocycles. The number of aromatic nitrogens is 1. The second-order valence-electron chi connectivity index (χ2n) is 5.41. The molecule has 0 bridgehead atoms. The summed E-state index contributed by atoms with van der Waals surface area (Å²) in [6.07, 6.45) is 1.07. The van der Waals surface area contributed by atoms with Crippen LogP contribution in [0.25, 0.3) is 10.6 Å². The first-order valence-electron chi connectivity index (χ1n) is 7.72. The maximum Gasteiger partial charge on any atom is 0.224 e. The van der Waals surface area contributed by atoms with Crippen molar-refractivity contribution in [2.75, 3.05) is 6.54 Å². The van der Waals surface area contributed by atoms with Crippen molar-refractivity contribution < 1.29 is 9.18 Å². The lowest BCUT2D eigenvalue weighted by atomic mass is 10.1. The molecule has 0 saturated heterocycles. The fourth-order valence-electron chi connectivity index (χ4n) is 2.32. The summed E-state index contributed by atoms with van der Waals surface area (Å²) in [5, 5.41) is 5.75. The smallest absolute Gasteiger partial charge is 0.224 e. The molecule has 0 fully saturated rings. The summed E-state index contributed by atoms with van der Waals surface area (Å²) < 4.78 is 12.9. The lowest BCUT2D eigenvalue weighted by Gasteiger charge is -2.04. The molecule has 0 spiro atoms. The van der Waals surface area contributed by atoms with Crippen LogP contribution in [0.2, 0.25) is 0 Å². The maximum absolute atomic E-state index is 12.9. The number of carbonyl (C=O) groups is 1. The SMILES string of the molecule is O=C(Cc1ccccc1)NCCc1csc(-c2ccc(F)cc2)n1. The Hall–Kier alpha value is -2.53. The number of amides is 1.